The van der Waals surface area contributed by atoms with Gasteiger partial charge in [-0.15, -0.1) is 5.48 Å². The van der Waals surface area contributed by atoms with Crippen LogP contribution in [-0.2, 0) is 14.4 Å². The first-order valence-electron chi connectivity index (χ1n) is 13.8. The van der Waals surface area contributed by atoms with E-state index in [9.17, 15) is 9.59 Å². The monoisotopic (exact) mass is 488 g/mol. The van der Waals surface area contributed by atoms with Crippen LogP contribution in [0.4, 0.5) is 5.82 Å². The number of aromatic nitrogens is 1. The molecular weight excluding hydrogens is 440 g/mol. The van der Waals surface area contributed by atoms with Crippen LogP contribution in [0.15, 0.2) is 30.2 Å². The van der Waals surface area contributed by atoms with Crippen LogP contribution < -0.4 is 16.1 Å². The summed E-state index contributed by atoms with van der Waals surface area (Å²) in [5, 5.41) is 6.00. The summed E-state index contributed by atoms with van der Waals surface area (Å²) in [6.45, 7) is 5.86. The molecule has 198 valence electrons. The highest BCUT2D eigenvalue weighted by atomic mass is 16.6. The van der Waals surface area contributed by atoms with Crippen LogP contribution in [0.1, 0.15) is 112 Å². The number of nitrogens with one attached hydrogen (secondary N) is 3. The van der Waals surface area contributed by atoms with E-state index in [1.807, 2.05) is 33.0 Å². The molecule has 0 aromatic carbocycles. The standard InChI is InChI=1S/C26H38N4O3.C2H6.2H2/c1-18-22(17-33-30-18)25(31)29-24(20-12-6-3-2-4-7-13-20)26(32)28-23-15-14-21(16-27-23)19-10-8-5-9-11-19;1-2;;/h14-20,24,30H,2-13H2,1H3,(H,29,31)(H,27,28,32);1-2H3;2*1H. The molecule has 2 aliphatic carbocycles. The van der Waals surface area contributed by atoms with Gasteiger partial charge in [-0.25, -0.2) is 4.98 Å². The van der Waals surface area contributed by atoms with E-state index in [0.717, 1.165) is 25.7 Å². The molecule has 0 radical (unpaired) electrons. The lowest BCUT2D eigenvalue weighted by atomic mass is 9.85. The van der Waals surface area contributed by atoms with Crippen molar-refractivity contribution in [3.8, 4) is 0 Å². The van der Waals surface area contributed by atoms with Gasteiger partial charge < -0.3 is 15.5 Å². The van der Waals surface area contributed by atoms with Gasteiger partial charge in [-0.05, 0) is 56.1 Å². The number of hydroxylamine groups is 1. The number of anilines is 1. The van der Waals surface area contributed by atoms with Gasteiger partial charge in [0.2, 0.25) is 5.91 Å². The molecule has 2 saturated carbocycles. The summed E-state index contributed by atoms with van der Waals surface area (Å²) in [5.74, 6) is 0.794. The van der Waals surface area contributed by atoms with Crippen molar-refractivity contribution in [1.29, 1.82) is 0 Å². The highest BCUT2D eigenvalue weighted by Gasteiger charge is 2.33. The summed E-state index contributed by atoms with van der Waals surface area (Å²) >= 11 is 0. The Morgan fingerprint density at radius 2 is 1.63 bits per heavy atom. The van der Waals surface area contributed by atoms with Gasteiger partial charge in [0, 0.05) is 9.05 Å². The van der Waals surface area contributed by atoms with Gasteiger partial charge in [-0.1, -0.05) is 71.3 Å². The van der Waals surface area contributed by atoms with Crippen LogP contribution in [0.5, 0.6) is 0 Å². The van der Waals surface area contributed by atoms with Gasteiger partial charge >= 0.3 is 0 Å². The van der Waals surface area contributed by atoms with Gasteiger partial charge in [0.25, 0.3) is 5.91 Å². The quantitative estimate of drug-likeness (QED) is 0.441. The first-order chi connectivity index (χ1) is 17.1. The van der Waals surface area contributed by atoms with E-state index < -0.39 is 6.04 Å². The second-order valence-corrected chi connectivity index (χ2v) is 9.89. The Morgan fingerprint density at radius 3 is 2.23 bits per heavy atom. The van der Waals surface area contributed by atoms with Gasteiger partial charge in [0.05, 0.1) is 11.6 Å². The fourth-order valence-electron chi connectivity index (χ4n) is 5.42. The summed E-state index contributed by atoms with van der Waals surface area (Å²) in [5.41, 5.74) is 4.52. The van der Waals surface area contributed by atoms with Gasteiger partial charge in [-0.3, -0.25) is 9.59 Å². The summed E-state index contributed by atoms with van der Waals surface area (Å²) in [6.07, 6.45) is 17.3. The van der Waals surface area contributed by atoms with Gasteiger partial charge in [-0.2, -0.15) is 0 Å². The molecule has 7 heteroatoms. The number of nitrogens with zero attached hydrogens (tertiary/aromatic N) is 1. The number of amides is 2. The zero-order valence-corrected chi connectivity index (χ0v) is 21.8. The van der Waals surface area contributed by atoms with Crippen molar-refractivity contribution >= 4 is 17.6 Å². The SMILES string of the molecule is CC.CC1NOC=C1C(=O)NC(C(=O)Nc1ccc(C2CCCCC2)cn1)C1CCCCCCC1.[HH].[HH]. The molecule has 2 amide bonds. The molecule has 2 fully saturated rings. The minimum Gasteiger partial charge on any atom is -0.415 e. The Hall–Kier alpha value is -2.41. The Bertz CT molecular complexity index is 836. The predicted molar refractivity (Wildman–Crippen MR) is 144 cm³/mol. The third-order valence-corrected chi connectivity index (χ3v) is 7.46. The second kappa shape index (κ2) is 14.2. The third kappa shape index (κ3) is 7.79. The van der Waals surface area contributed by atoms with Crippen molar-refractivity contribution < 1.29 is 17.3 Å². The molecule has 1 aromatic heterocycles. The fourth-order valence-corrected chi connectivity index (χ4v) is 5.42. The summed E-state index contributed by atoms with van der Waals surface area (Å²) < 4.78 is 0. The van der Waals surface area contributed by atoms with Crippen molar-refractivity contribution in [3.05, 3.63) is 35.7 Å². The van der Waals surface area contributed by atoms with E-state index in [4.69, 9.17) is 4.84 Å². The number of carbonyl (C=O) groups is 2. The van der Waals surface area contributed by atoms with Crippen molar-refractivity contribution in [2.45, 2.75) is 116 Å². The molecule has 0 saturated heterocycles. The normalized spacial score (nSPS) is 22.4. The van der Waals surface area contributed by atoms with E-state index in [1.165, 1.54) is 63.2 Å². The average Bonchev–Trinajstić information content (AvgIpc) is 3.31. The molecule has 7 nitrogen and oxygen atoms in total. The predicted octanol–water partition coefficient (Wildman–Crippen LogP) is 6.24. The van der Waals surface area contributed by atoms with Crippen LogP contribution in [0.25, 0.3) is 0 Å². The Labute approximate surface area is 213 Å². The molecule has 35 heavy (non-hydrogen) atoms. The van der Waals surface area contributed by atoms with Crippen molar-refractivity contribution in [2.24, 2.45) is 5.92 Å². The summed E-state index contributed by atoms with van der Waals surface area (Å²) in [6, 6.07) is 3.19. The van der Waals surface area contributed by atoms with Crippen LogP contribution in [0.3, 0.4) is 0 Å². The Morgan fingerprint density at radius 1 is 1.00 bits per heavy atom. The molecule has 1 aliphatic heterocycles. The highest BCUT2D eigenvalue weighted by molar-refractivity contribution is 6.01. The molecule has 2 atom stereocenters. The lowest BCUT2D eigenvalue weighted by molar-refractivity contribution is -0.125. The molecule has 2 unspecified atom stereocenters. The number of pyridine rings is 1. The maximum absolute atomic E-state index is 13.4. The van der Waals surface area contributed by atoms with Crippen LogP contribution in [0, 0.1) is 5.92 Å². The molecule has 0 spiro atoms. The minimum atomic E-state index is -0.593. The lowest BCUT2D eigenvalue weighted by Gasteiger charge is -2.29. The van der Waals surface area contributed by atoms with Crippen molar-refractivity contribution in [1.82, 2.24) is 15.8 Å². The Balaban J connectivity index is 0.00000167. The molecule has 2 heterocycles. The van der Waals surface area contributed by atoms with E-state index in [1.54, 1.807) is 0 Å². The number of carbonyl (C=O) groups excluding carboxylic acids is 2. The first-order valence-corrected chi connectivity index (χ1v) is 13.8. The molecule has 0 bridgehead atoms. The maximum atomic E-state index is 13.4. The van der Waals surface area contributed by atoms with Crippen LogP contribution >= 0.6 is 0 Å². The van der Waals surface area contributed by atoms with E-state index in [2.05, 4.69) is 27.2 Å². The molecule has 3 aliphatic rings. The zero-order valence-electron chi connectivity index (χ0n) is 21.8. The average molecular weight is 489 g/mol. The van der Waals surface area contributed by atoms with E-state index in [-0.39, 0.29) is 26.6 Å². The third-order valence-electron chi connectivity index (χ3n) is 7.46. The topological polar surface area (TPSA) is 92.4 Å². The van der Waals surface area contributed by atoms with E-state index in [0.29, 0.717) is 17.3 Å². The molecule has 3 N–H and O–H groups in total. The van der Waals surface area contributed by atoms with Crippen molar-refractivity contribution in [2.75, 3.05) is 5.32 Å². The van der Waals surface area contributed by atoms with Gasteiger partial charge in [0.1, 0.15) is 18.1 Å². The fraction of sp³-hybridized carbons (Fsp3) is 0.679. The lowest BCUT2D eigenvalue weighted by Crippen LogP contribution is -2.50. The largest absolute Gasteiger partial charge is 0.415 e. The minimum absolute atomic E-state index is 0. The highest BCUT2D eigenvalue weighted by Crippen LogP contribution is 2.32. The summed E-state index contributed by atoms with van der Waals surface area (Å²) in [7, 11) is 0. The molecular formula is C28H48N4O3. The van der Waals surface area contributed by atoms with Crippen LogP contribution in [0.2, 0.25) is 0 Å². The molecule has 4 rings (SSSR count). The first kappa shape index (κ1) is 27.2. The molecule has 1 aromatic rings. The van der Waals surface area contributed by atoms with Crippen molar-refractivity contribution in [3.63, 3.8) is 0 Å². The van der Waals surface area contributed by atoms with Crippen LogP contribution in [-0.4, -0.2) is 28.9 Å². The summed E-state index contributed by atoms with van der Waals surface area (Å²) in [4.78, 5) is 36.0. The van der Waals surface area contributed by atoms with E-state index >= 15 is 0 Å². The number of hydrogen-bond acceptors (Lipinski definition) is 5. The number of hydrogen-bond donors (Lipinski definition) is 3. The number of rotatable bonds is 6. The maximum Gasteiger partial charge on any atom is 0.252 e. The van der Waals surface area contributed by atoms with Gasteiger partial charge in [0.15, 0.2) is 0 Å². The zero-order chi connectivity index (χ0) is 25.0. The Kier molecular flexibility index (Phi) is 11.0. The smallest absolute Gasteiger partial charge is 0.252 e. The second-order valence-electron chi connectivity index (χ2n) is 9.89.